The summed E-state index contributed by atoms with van der Waals surface area (Å²) in [4.78, 5) is 15.2. The van der Waals surface area contributed by atoms with Gasteiger partial charge in [0, 0.05) is 37.7 Å². The van der Waals surface area contributed by atoms with Gasteiger partial charge in [0.15, 0.2) is 0 Å². The summed E-state index contributed by atoms with van der Waals surface area (Å²) in [5, 5.41) is 0. The van der Waals surface area contributed by atoms with E-state index in [1.165, 1.54) is 30.4 Å². The zero-order valence-electron chi connectivity index (χ0n) is 18.8. The zero-order chi connectivity index (χ0) is 21.9. The van der Waals surface area contributed by atoms with Gasteiger partial charge in [-0.2, -0.15) is 0 Å². The van der Waals surface area contributed by atoms with Crippen molar-refractivity contribution < 1.29 is 9.53 Å². The fourth-order valence-electron chi connectivity index (χ4n) is 3.75. The number of benzene rings is 2. The summed E-state index contributed by atoms with van der Waals surface area (Å²) >= 11 is 0. The van der Waals surface area contributed by atoms with Crippen molar-refractivity contribution in [2.45, 2.75) is 45.7 Å². The second-order valence-corrected chi connectivity index (χ2v) is 7.99. The summed E-state index contributed by atoms with van der Waals surface area (Å²) in [5.74, 6) is 0.0459. The molecular formula is C27H34N2O2. The van der Waals surface area contributed by atoms with Crippen molar-refractivity contribution in [1.82, 2.24) is 9.47 Å². The number of unbranched alkanes of at least 4 members (excludes halogenated alkanes) is 2. The third kappa shape index (κ3) is 6.83. The highest BCUT2D eigenvalue weighted by Gasteiger charge is 2.17. The van der Waals surface area contributed by atoms with Crippen LogP contribution in [0.3, 0.4) is 0 Å². The lowest BCUT2D eigenvalue weighted by Crippen LogP contribution is -2.34. The van der Waals surface area contributed by atoms with Gasteiger partial charge in [0.25, 0.3) is 5.91 Å². The Kier molecular flexibility index (Phi) is 8.92. The van der Waals surface area contributed by atoms with Crippen LogP contribution in [0.2, 0.25) is 0 Å². The van der Waals surface area contributed by atoms with E-state index in [0.29, 0.717) is 19.7 Å². The number of methoxy groups -OCH3 is 1. The van der Waals surface area contributed by atoms with E-state index in [4.69, 9.17) is 4.74 Å². The van der Waals surface area contributed by atoms with Gasteiger partial charge in [0.2, 0.25) is 0 Å². The van der Waals surface area contributed by atoms with Crippen molar-refractivity contribution in [2.24, 2.45) is 0 Å². The lowest BCUT2D eigenvalue weighted by molar-refractivity contribution is 0.0676. The molecule has 1 heterocycles. The first-order chi connectivity index (χ1) is 15.2. The van der Waals surface area contributed by atoms with Gasteiger partial charge < -0.3 is 14.2 Å². The smallest absolute Gasteiger partial charge is 0.254 e. The SMILES string of the molecule is CCCCCc1ccc(C(=O)N(CCOC)Cc2cccn2Cc2ccccc2)cc1. The number of hydrogen-bond acceptors (Lipinski definition) is 2. The monoisotopic (exact) mass is 418 g/mol. The van der Waals surface area contributed by atoms with Crippen LogP contribution in [-0.2, 0) is 24.2 Å². The molecule has 1 aromatic heterocycles. The average molecular weight is 419 g/mol. The van der Waals surface area contributed by atoms with Crippen LogP contribution in [0.5, 0.6) is 0 Å². The molecule has 0 saturated carbocycles. The van der Waals surface area contributed by atoms with Gasteiger partial charge in [0.05, 0.1) is 13.2 Å². The fourth-order valence-corrected chi connectivity index (χ4v) is 3.75. The predicted molar refractivity (Wildman–Crippen MR) is 126 cm³/mol. The van der Waals surface area contributed by atoms with Crippen molar-refractivity contribution in [3.05, 3.63) is 95.3 Å². The summed E-state index contributed by atoms with van der Waals surface area (Å²) in [6.07, 6.45) is 6.81. The van der Waals surface area contributed by atoms with Gasteiger partial charge in [-0.25, -0.2) is 0 Å². The number of carbonyl (C=O) groups is 1. The van der Waals surface area contributed by atoms with Crippen molar-refractivity contribution in [3.63, 3.8) is 0 Å². The molecule has 0 fully saturated rings. The lowest BCUT2D eigenvalue weighted by Gasteiger charge is -2.23. The number of aryl methyl sites for hydroxylation is 1. The lowest BCUT2D eigenvalue weighted by atomic mass is 10.0. The molecule has 0 atom stereocenters. The van der Waals surface area contributed by atoms with Gasteiger partial charge in [-0.1, -0.05) is 62.2 Å². The van der Waals surface area contributed by atoms with E-state index in [9.17, 15) is 4.79 Å². The molecule has 164 valence electrons. The molecule has 4 nitrogen and oxygen atoms in total. The van der Waals surface area contributed by atoms with E-state index in [-0.39, 0.29) is 5.91 Å². The van der Waals surface area contributed by atoms with E-state index in [2.05, 4.69) is 60.2 Å². The molecule has 0 unspecified atom stereocenters. The Morgan fingerprint density at radius 1 is 0.935 bits per heavy atom. The summed E-state index contributed by atoms with van der Waals surface area (Å²) in [6.45, 7) is 4.64. The molecule has 3 rings (SSSR count). The normalized spacial score (nSPS) is 10.9. The molecule has 1 amide bonds. The Labute approximate surface area is 186 Å². The Balaban J connectivity index is 1.70. The number of carbonyl (C=O) groups excluding carboxylic acids is 1. The zero-order valence-corrected chi connectivity index (χ0v) is 18.8. The highest BCUT2D eigenvalue weighted by atomic mass is 16.5. The molecule has 31 heavy (non-hydrogen) atoms. The van der Waals surface area contributed by atoms with E-state index >= 15 is 0 Å². The Morgan fingerprint density at radius 3 is 2.42 bits per heavy atom. The fraction of sp³-hybridized carbons (Fsp3) is 0.370. The third-order valence-corrected chi connectivity index (χ3v) is 5.59. The van der Waals surface area contributed by atoms with E-state index in [1.54, 1.807) is 7.11 Å². The van der Waals surface area contributed by atoms with Gasteiger partial charge >= 0.3 is 0 Å². The molecule has 0 aliphatic heterocycles. The van der Waals surface area contributed by atoms with Crippen LogP contribution in [0.15, 0.2) is 72.9 Å². The Bertz CT molecular complexity index is 916. The number of aromatic nitrogens is 1. The minimum atomic E-state index is 0.0459. The van der Waals surface area contributed by atoms with E-state index in [1.807, 2.05) is 29.2 Å². The summed E-state index contributed by atoms with van der Waals surface area (Å²) in [7, 11) is 1.67. The van der Waals surface area contributed by atoms with Crippen LogP contribution in [0.25, 0.3) is 0 Å². The largest absolute Gasteiger partial charge is 0.383 e. The number of nitrogens with zero attached hydrogens (tertiary/aromatic N) is 2. The van der Waals surface area contributed by atoms with Crippen LogP contribution in [0, 0.1) is 0 Å². The molecular weight excluding hydrogens is 384 g/mol. The molecule has 0 aliphatic carbocycles. The van der Waals surface area contributed by atoms with Gasteiger partial charge in [-0.15, -0.1) is 0 Å². The van der Waals surface area contributed by atoms with Crippen molar-refractivity contribution in [1.29, 1.82) is 0 Å². The molecule has 3 aromatic rings. The van der Waals surface area contributed by atoms with Crippen LogP contribution < -0.4 is 0 Å². The van der Waals surface area contributed by atoms with E-state index < -0.39 is 0 Å². The van der Waals surface area contributed by atoms with Crippen LogP contribution in [0.4, 0.5) is 0 Å². The highest BCUT2D eigenvalue weighted by Crippen LogP contribution is 2.15. The second kappa shape index (κ2) is 12.1. The maximum Gasteiger partial charge on any atom is 0.254 e. The van der Waals surface area contributed by atoms with Gasteiger partial charge in [-0.3, -0.25) is 4.79 Å². The predicted octanol–water partition coefficient (Wildman–Crippen LogP) is 5.56. The number of rotatable bonds is 12. The first-order valence-electron chi connectivity index (χ1n) is 11.3. The second-order valence-electron chi connectivity index (χ2n) is 7.99. The van der Waals surface area contributed by atoms with Gasteiger partial charge in [0.1, 0.15) is 0 Å². The third-order valence-electron chi connectivity index (χ3n) is 5.59. The molecule has 0 saturated heterocycles. The number of ether oxygens (including phenoxy) is 1. The average Bonchev–Trinajstić information content (AvgIpc) is 3.24. The van der Waals surface area contributed by atoms with E-state index in [0.717, 1.165) is 24.2 Å². The molecule has 2 aromatic carbocycles. The van der Waals surface area contributed by atoms with Gasteiger partial charge in [-0.05, 0) is 48.2 Å². The highest BCUT2D eigenvalue weighted by molar-refractivity contribution is 5.94. The van der Waals surface area contributed by atoms with Crippen molar-refractivity contribution >= 4 is 5.91 Å². The standard InChI is InChI=1S/C27H34N2O2/c1-3-4-6-10-23-14-16-25(17-15-23)27(30)29(19-20-31-2)22-26-13-9-18-28(26)21-24-11-7-5-8-12-24/h5,7-9,11-18H,3-4,6,10,19-22H2,1-2H3. The van der Waals surface area contributed by atoms with Crippen molar-refractivity contribution in [2.75, 3.05) is 20.3 Å². The van der Waals surface area contributed by atoms with Crippen LogP contribution >= 0.6 is 0 Å². The van der Waals surface area contributed by atoms with Crippen LogP contribution in [-0.4, -0.2) is 35.6 Å². The Morgan fingerprint density at radius 2 is 1.71 bits per heavy atom. The topological polar surface area (TPSA) is 34.5 Å². The first-order valence-corrected chi connectivity index (χ1v) is 11.3. The number of hydrogen-bond donors (Lipinski definition) is 0. The molecule has 0 spiro atoms. The minimum absolute atomic E-state index is 0.0459. The minimum Gasteiger partial charge on any atom is -0.383 e. The van der Waals surface area contributed by atoms with Crippen LogP contribution in [0.1, 0.15) is 53.4 Å². The number of amides is 1. The molecule has 0 aliphatic rings. The summed E-state index contributed by atoms with van der Waals surface area (Å²) in [5.41, 5.74) is 4.39. The molecule has 0 bridgehead atoms. The Hall–Kier alpha value is -2.85. The quantitative estimate of drug-likeness (QED) is 0.361. The summed E-state index contributed by atoms with van der Waals surface area (Å²) in [6, 6.07) is 22.6. The molecule has 4 heteroatoms. The molecule has 0 N–H and O–H groups in total. The summed E-state index contributed by atoms with van der Waals surface area (Å²) < 4.78 is 7.48. The van der Waals surface area contributed by atoms with Crippen molar-refractivity contribution in [3.8, 4) is 0 Å². The maximum atomic E-state index is 13.3. The first kappa shape index (κ1) is 22.8. The molecule has 0 radical (unpaired) electrons. The maximum absolute atomic E-state index is 13.3.